The Morgan fingerprint density at radius 3 is 2.75 bits per heavy atom. The van der Waals surface area contributed by atoms with Gasteiger partial charge in [-0.1, -0.05) is 6.07 Å². The average Bonchev–Trinajstić information content (AvgIpc) is 2.89. The summed E-state index contributed by atoms with van der Waals surface area (Å²) in [5, 5.41) is 3.33. The highest BCUT2D eigenvalue weighted by Gasteiger charge is 2.16. The van der Waals surface area contributed by atoms with Crippen LogP contribution in [-0.2, 0) is 0 Å². The Kier molecular flexibility index (Phi) is 3.53. The molecule has 0 spiro atoms. The van der Waals surface area contributed by atoms with E-state index in [1.165, 1.54) is 12.1 Å². The van der Waals surface area contributed by atoms with Crippen molar-refractivity contribution < 1.29 is 13.9 Å². The Bertz CT molecular complexity index is 648. The Labute approximate surface area is 124 Å². The smallest absolute Gasteiger partial charge is 0.231 e. The molecule has 3 nitrogen and oxygen atoms in total. The van der Waals surface area contributed by atoms with Crippen LogP contribution in [-0.4, -0.2) is 6.79 Å². The van der Waals surface area contributed by atoms with Gasteiger partial charge in [0.25, 0.3) is 0 Å². The largest absolute Gasteiger partial charge is 0.454 e. The van der Waals surface area contributed by atoms with Crippen molar-refractivity contribution in [2.24, 2.45) is 0 Å². The van der Waals surface area contributed by atoms with Crippen molar-refractivity contribution in [3.05, 3.63) is 52.3 Å². The normalized spacial score (nSPS) is 14.2. The predicted molar refractivity (Wildman–Crippen MR) is 78.7 cm³/mol. The first-order chi connectivity index (χ1) is 9.63. The highest BCUT2D eigenvalue weighted by Crippen LogP contribution is 2.35. The molecule has 0 aromatic heterocycles. The van der Waals surface area contributed by atoms with Crippen molar-refractivity contribution in [2.45, 2.75) is 13.0 Å². The number of ether oxygens (including phenoxy) is 2. The van der Waals surface area contributed by atoms with Gasteiger partial charge >= 0.3 is 0 Å². The molecule has 0 saturated carbocycles. The van der Waals surface area contributed by atoms with Crippen LogP contribution < -0.4 is 14.8 Å². The maximum Gasteiger partial charge on any atom is 0.231 e. The summed E-state index contributed by atoms with van der Waals surface area (Å²) >= 11 is 3.35. The van der Waals surface area contributed by atoms with Gasteiger partial charge in [-0.3, -0.25) is 0 Å². The maximum atomic E-state index is 13.1. The van der Waals surface area contributed by atoms with Crippen molar-refractivity contribution in [2.75, 3.05) is 12.1 Å². The number of hydrogen-bond donors (Lipinski definition) is 1. The summed E-state index contributed by atoms with van der Waals surface area (Å²) in [7, 11) is 0. The molecular weight excluding hydrogens is 325 g/mol. The quantitative estimate of drug-likeness (QED) is 0.894. The molecular formula is C15H13BrFNO2. The molecule has 1 unspecified atom stereocenters. The molecule has 1 heterocycles. The Morgan fingerprint density at radius 1 is 1.15 bits per heavy atom. The fourth-order valence-electron chi connectivity index (χ4n) is 2.11. The third-order valence-electron chi connectivity index (χ3n) is 3.20. The maximum absolute atomic E-state index is 13.1. The summed E-state index contributed by atoms with van der Waals surface area (Å²) < 4.78 is 24.4. The zero-order valence-electron chi connectivity index (χ0n) is 10.8. The van der Waals surface area contributed by atoms with Gasteiger partial charge in [0.05, 0.1) is 0 Å². The van der Waals surface area contributed by atoms with E-state index in [9.17, 15) is 4.39 Å². The van der Waals surface area contributed by atoms with Gasteiger partial charge in [0, 0.05) is 16.2 Å². The Hall–Kier alpha value is -1.75. The lowest BCUT2D eigenvalue weighted by atomic mass is 10.1. The molecule has 2 aromatic rings. The van der Waals surface area contributed by atoms with Crippen LogP contribution in [0.15, 0.2) is 40.9 Å². The molecule has 0 aliphatic carbocycles. The molecule has 2 aromatic carbocycles. The van der Waals surface area contributed by atoms with Crippen LogP contribution in [0.2, 0.25) is 0 Å². The lowest BCUT2D eigenvalue weighted by molar-refractivity contribution is 0.174. The molecule has 0 radical (unpaired) electrons. The van der Waals surface area contributed by atoms with Gasteiger partial charge in [0.2, 0.25) is 6.79 Å². The number of rotatable bonds is 3. The predicted octanol–water partition coefficient (Wildman–Crippen LogP) is 4.49. The van der Waals surface area contributed by atoms with Crippen LogP contribution in [0.25, 0.3) is 0 Å². The minimum Gasteiger partial charge on any atom is -0.454 e. The molecule has 1 aliphatic rings. The van der Waals surface area contributed by atoms with E-state index in [-0.39, 0.29) is 18.7 Å². The van der Waals surface area contributed by atoms with Crippen LogP contribution in [0.1, 0.15) is 18.5 Å². The van der Waals surface area contributed by atoms with E-state index in [1.54, 1.807) is 6.07 Å². The van der Waals surface area contributed by atoms with E-state index in [4.69, 9.17) is 9.47 Å². The third-order valence-corrected chi connectivity index (χ3v) is 3.86. The number of halogens is 2. The van der Waals surface area contributed by atoms with Gasteiger partial charge in [-0.05, 0) is 58.7 Å². The number of benzene rings is 2. The summed E-state index contributed by atoms with van der Waals surface area (Å²) in [6, 6.07) is 10.5. The summed E-state index contributed by atoms with van der Waals surface area (Å²) in [6.45, 7) is 2.30. The second kappa shape index (κ2) is 5.32. The van der Waals surface area contributed by atoms with E-state index in [2.05, 4.69) is 21.2 Å². The topological polar surface area (TPSA) is 30.5 Å². The van der Waals surface area contributed by atoms with Crippen LogP contribution in [0.4, 0.5) is 10.1 Å². The van der Waals surface area contributed by atoms with E-state index >= 15 is 0 Å². The van der Waals surface area contributed by atoms with E-state index in [0.29, 0.717) is 4.47 Å². The Morgan fingerprint density at radius 2 is 1.95 bits per heavy atom. The average molecular weight is 338 g/mol. The van der Waals surface area contributed by atoms with Crippen molar-refractivity contribution >= 4 is 21.6 Å². The molecule has 0 saturated heterocycles. The summed E-state index contributed by atoms with van der Waals surface area (Å²) in [4.78, 5) is 0. The molecule has 104 valence electrons. The minimum absolute atomic E-state index is 0.0614. The fraction of sp³-hybridized carbons (Fsp3) is 0.200. The molecule has 3 rings (SSSR count). The third kappa shape index (κ3) is 2.58. The fourth-order valence-corrected chi connectivity index (χ4v) is 2.57. The zero-order valence-corrected chi connectivity index (χ0v) is 12.4. The molecule has 0 bridgehead atoms. The van der Waals surface area contributed by atoms with Gasteiger partial charge < -0.3 is 14.8 Å². The van der Waals surface area contributed by atoms with E-state index in [1.807, 2.05) is 25.1 Å². The zero-order chi connectivity index (χ0) is 14.1. The van der Waals surface area contributed by atoms with Crippen molar-refractivity contribution in [3.63, 3.8) is 0 Å². The molecule has 1 N–H and O–H groups in total. The molecule has 1 aliphatic heterocycles. The number of fused-ring (bicyclic) bond motifs is 1. The molecule has 0 amide bonds. The van der Waals surface area contributed by atoms with Crippen molar-refractivity contribution in [1.82, 2.24) is 0 Å². The summed E-state index contributed by atoms with van der Waals surface area (Å²) in [5.74, 6) is 1.26. The SMILES string of the molecule is CC(Nc1ccc(F)cc1Br)c1ccc2c(c1)OCO2. The molecule has 0 fully saturated rings. The van der Waals surface area contributed by atoms with Crippen molar-refractivity contribution in [1.29, 1.82) is 0 Å². The Balaban J connectivity index is 1.80. The lowest BCUT2D eigenvalue weighted by Crippen LogP contribution is -2.07. The number of nitrogens with one attached hydrogen (secondary N) is 1. The highest BCUT2D eigenvalue weighted by molar-refractivity contribution is 9.10. The van der Waals surface area contributed by atoms with Gasteiger partial charge in [-0.15, -0.1) is 0 Å². The van der Waals surface area contributed by atoms with Crippen molar-refractivity contribution in [3.8, 4) is 11.5 Å². The highest BCUT2D eigenvalue weighted by atomic mass is 79.9. The van der Waals surface area contributed by atoms with E-state index in [0.717, 1.165) is 22.7 Å². The van der Waals surface area contributed by atoms with Crippen LogP contribution >= 0.6 is 15.9 Å². The van der Waals surface area contributed by atoms with Crippen LogP contribution in [0.3, 0.4) is 0 Å². The first-order valence-corrected chi connectivity index (χ1v) is 7.04. The summed E-state index contributed by atoms with van der Waals surface area (Å²) in [5.41, 5.74) is 1.92. The first kappa shape index (κ1) is 13.2. The van der Waals surface area contributed by atoms with E-state index < -0.39 is 0 Å². The second-order valence-corrected chi connectivity index (χ2v) is 5.46. The number of hydrogen-bond acceptors (Lipinski definition) is 3. The lowest BCUT2D eigenvalue weighted by Gasteiger charge is -2.17. The van der Waals surface area contributed by atoms with Gasteiger partial charge in [-0.25, -0.2) is 4.39 Å². The number of anilines is 1. The second-order valence-electron chi connectivity index (χ2n) is 4.60. The minimum atomic E-state index is -0.266. The first-order valence-electron chi connectivity index (χ1n) is 6.24. The van der Waals surface area contributed by atoms with Crippen LogP contribution in [0.5, 0.6) is 11.5 Å². The van der Waals surface area contributed by atoms with Gasteiger partial charge in [0.15, 0.2) is 11.5 Å². The summed E-state index contributed by atoms with van der Waals surface area (Å²) in [6.07, 6.45) is 0. The standard InChI is InChI=1S/C15H13BrFNO2/c1-9(18-13-4-3-11(17)7-12(13)16)10-2-5-14-15(6-10)20-8-19-14/h2-7,9,18H,8H2,1H3. The van der Waals surface area contributed by atoms with Crippen LogP contribution in [0, 0.1) is 5.82 Å². The molecule has 1 atom stereocenters. The van der Waals surface area contributed by atoms with Gasteiger partial charge in [0.1, 0.15) is 5.82 Å². The molecule has 5 heteroatoms. The monoisotopic (exact) mass is 337 g/mol. The van der Waals surface area contributed by atoms with Gasteiger partial charge in [-0.2, -0.15) is 0 Å². The molecule has 20 heavy (non-hydrogen) atoms.